The summed E-state index contributed by atoms with van der Waals surface area (Å²) >= 11 is 7.75. The average molecular weight is 510 g/mol. The number of sulfonamides is 1. The Labute approximate surface area is 206 Å². The van der Waals surface area contributed by atoms with Crippen LogP contribution >= 0.6 is 23.4 Å². The molecule has 0 aliphatic carbocycles. The van der Waals surface area contributed by atoms with Crippen LogP contribution in [-0.4, -0.2) is 41.3 Å². The van der Waals surface area contributed by atoms with Gasteiger partial charge in [0.15, 0.2) is 0 Å². The van der Waals surface area contributed by atoms with Crippen LogP contribution in [0.4, 0.5) is 0 Å². The van der Waals surface area contributed by atoms with Crippen molar-refractivity contribution in [1.29, 1.82) is 0 Å². The number of nitrogens with zero attached hydrogens (tertiary/aromatic N) is 1. The lowest BCUT2D eigenvalue weighted by Crippen LogP contribution is -2.49. The molecule has 1 heterocycles. The van der Waals surface area contributed by atoms with E-state index < -0.39 is 28.0 Å². The standard InChI is InChI=1S/C25H32ClNO4S2/c1-3-4-5-6-15-32-24-16-23(19-9-11-20(26)12-10-19)27(17-22(24)25(28)29)33(30,31)21-13-7-18(2)8-14-21/h7-14,22-24H,3-6,15-17H2,1-2H3,(H,28,29)/t22-,23+,24-/m1/s1. The highest BCUT2D eigenvalue weighted by molar-refractivity contribution is 7.99. The molecule has 1 aliphatic rings. The fourth-order valence-corrected chi connectivity index (χ4v) is 7.43. The summed E-state index contributed by atoms with van der Waals surface area (Å²) in [5, 5.41) is 10.4. The molecule has 1 saturated heterocycles. The molecule has 0 saturated carbocycles. The van der Waals surface area contributed by atoms with Crippen molar-refractivity contribution < 1.29 is 18.3 Å². The molecule has 0 spiro atoms. The number of rotatable bonds is 10. The Hall–Kier alpha value is -1.54. The van der Waals surface area contributed by atoms with Crippen molar-refractivity contribution in [2.24, 2.45) is 5.92 Å². The monoisotopic (exact) mass is 509 g/mol. The number of aryl methyl sites for hydroxylation is 1. The molecule has 0 bridgehead atoms. The first-order valence-corrected chi connectivity index (χ1v) is 14.3. The number of unbranched alkanes of at least 4 members (excludes halogenated alkanes) is 3. The van der Waals surface area contributed by atoms with E-state index in [1.807, 2.05) is 19.1 Å². The number of carbonyl (C=O) groups is 1. The zero-order valence-corrected chi connectivity index (χ0v) is 21.5. The van der Waals surface area contributed by atoms with Gasteiger partial charge in [-0.25, -0.2) is 8.42 Å². The van der Waals surface area contributed by atoms with Crippen LogP contribution in [0.25, 0.3) is 0 Å². The zero-order chi connectivity index (χ0) is 24.0. The van der Waals surface area contributed by atoms with E-state index in [0.29, 0.717) is 11.4 Å². The van der Waals surface area contributed by atoms with Crippen molar-refractivity contribution in [1.82, 2.24) is 4.31 Å². The number of benzene rings is 2. The third kappa shape index (κ3) is 6.53. The number of hydrogen-bond donors (Lipinski definition) is 1. The predicted octanol–water partition coefficient (Wildman–Crippen LogP) is 6.17. The number of hydrogen-bond acceptors (Lipinski definition) is 4. The van der Waals surface area contributed by atoms with Gasteiger partial charge in [-0.1, -0.05) is 67.6 Å². The van der Waals surface area contributed by atoms with E-state index in [4.69, 9.17) is 11.6 Å². The molecule has 3 rings (SSSR count). The second-order valence-electron chi connectivity index (χ2n) is 8.61. The summed E-state index contributed by atoms with van der Waals surface area (Å²) in [6, 6.07) is 13.5. The summed E-state index contributed by atoms with van der Waals surface area (Å²) in [7, 11) is -3.88. The van der Waals surface area contributed by atoms with Crippen molar-refractivity contribution in [2.75, 3.05) is 12.3 Å². The number of halogens is 1. The lowest BCUT2D eigenvalue weighted by atomic mass is 9.90. The molecular weight excluding hydrogens is 478 g/mol. The quantitative estimate of drug-likeness (QED) is 0.388. The summed E-state index contributed by atoms with van der Waals surface area (Å²) < 4.78 is 28.7. The fraction of sp³-hybridized carbons (Fsp3) is 0.480. The van der Waals surface area contributed by atoms with Gasteiger partial charge in [0.2, 0.25) is 10.0 Å². The van der Waals surface area contributed by atoms with Crippen LogP contribution in [0, 0.1) is 12.8 Å². The third-order valence-electron chi connectivity index (χ3n) is 6.16. The number of thioether (sulfide) groups is 1. The lowest BCUT2D eigenvalue weighted by Gasteiger charge is -2.41. The Morgan fingerprint density at radius 1 is 1.09 bits per heavy atom. The first-order valence-electron chi connectivity index (χ1n) is 11.4. The van der Waals surface area contributed by atoms with Gasteiger partial charge in [0.25, 0.3) is 0 Å². The molecule has 0 unspecified atom stereocenters. The Morgan fingerprint density at radius 2 is 1.76 bits per heavy atom. The van der Waals surface area contributed by atoms with E-state index in [-0.39, 0.29) is 16.7 Å². The molecule has 8 heteroatoms. The van der Waals surface area contributed by atoms with Gasteiger partial charge in [-0.3, -0.25) is 4.79 Å². The second-order valence-corrected chi connectivity index (χ2v) is 12.3. The minimum atomic E-state index is -3.88. The second kappa shape index (κ2) is 11.7. The van der Waals surface area contributed by atoms with Gasteiger partial charge in [0.05, 0.1) is 16.9 Å². The van der Waals surface area contributed by atoms with Gasteiger partial charge < -0.3 is 5.11 Å². The number of carboxylic acids is 1. The first-order chi connectivity index (χ1) is 15.7. The lowest BCUT2D eigenvalue weighted by molar-refractivity contribution is -0.143. The molecule has 33 heavy (non-hydrogen) atoms. The van der Waals surface area contributed by atoms with Crippen LogP contribution in [0.15, 0.2) is 53.4 Å². The molecule has 2 aromatic carbocycles. The Bertz CT molecular complexity index is 1030. The van der Waals surface area contributed by atoms with Crippen LogP contribution in [0.5, 0.6) is 0 Å². The maximum atomic E-state index is 13.7. The zero-order valence-electron chi connectivity index (χ0n) is 19.1. The van der Waals surface area contributed by atoms with Crippen molar-refractivity contribution >= 4 is 39.4 Å². The Kier molecular flexibility index (Phi) is 9.27. The summed E-state index contributed by atoms with van der Waals surface area (Å²) in [6.07, 6.45) is 4.93. The third-order valence-corrected chi connectivity index (χ3v) is 9.77. The summed E-state index contributed by atoms with van der Waals surface area (Å²) in [6.45, 7) is 4.01. The highest BCUT2D eigenvalue weighted by Crippen LogP contribution is 2.42. The fourth-order valence-electron chi connectivity index (χ4n) is 4.22. The van der Waals surface area contributed by atoms with Gasteiger partial charge in [-0.15, -0.1) is 0 Å². The van der Waals surface area contributed by atoms with Crippen LogP contribution in [-0.2, 0) is 14.8 Å². The van der Waals surface area contributed by atoms with Crippen molar-refractivity contribution in [3.8, 4) is 0 Å². The topological polar surface area (TPSA) is 74.7 Å². The molecule has 0 amide bonds. The molecular formula is C25H32ClNO4S2. The first kappa shape index (κ1) is 26.1. The predicted molar refractivity (Wildman–Crippen MR) is 135 cm³/mol. The molecule has 5 nitrogen and oxygen atoms in total. The normalized spacial score (nSPS) is 21.7. The number of piperidine rings is 1. The molecule has 1 aliphatic heterocycles. The highest BCUT2D eigenvalue weighted by atomic mass is 35.5. The van der Waals surface area contributed by atoms with Crippen LogP contribution in [0.3, 0.4) is 0 Å². The smallest absolute Gasteiger partial charge is 0.308 e. The number of carboxylic acid groups (broad SMARTS) is 1. The van der Waals surface area contributed by atoms with E-state index in [1.54, 1.807) is 48.2 Å². The van der Waals surface area contributed by atoms with Crippen molar-refractivity contribution in [3.63, 3.8) is 0 Å². The Balaban J connectivity index is 1.93. The molecule has 0 aromatic heterocycles. The van der Waals surface area contributed by atoms with Crippen molar-refractivity contribution in [2.45, 2.75) is 62.1 Å². The average Bonchev–Trinajstić information content (AvgIpc) is 2.79. The van der Waals surface area contributed by atoms with Crippen LogP contribution in [0.1, 0.15) is 56.2 Å². The maximum absolute atomic E-state index is 13.7. The summed E-state index contributed by atoms with van der Waals surface area (Å²) in [5.74, 6) is -0.823. The van der Waals surface area contributed by atoms with Crippen LogP contribution in [0.2, 0.25) is 5.02 Å². The van der Waals surface area contributed by atoms with Gasteiger partial charge >= 0.3 is 5.97 Å². The van der Waals surface area contributed by atoms with Gasteiger partial charge in [0.1, 0.15) is 0 Å². The van der Waals surface area contributed by atoms with E-state index in [2.05, 4.69) is 6.92 Å². The maximum Gasteiger partial charge on any atom is 0.308 e. The molecule has 3 atom stereocenters. The molecule has 2 aromatic rings. The van der Waals surface area contributed by atoms with Crippen LogP contribution < -0.4 is 0 Å². The Morgan fingerprint density at radius 3 is 2.36 bits per heavy atom. The van der Waals surface area contributed by atoms with Gasteiger partial charge in [0, 0.05) is 16.8 Å². The minimum absolute atomic E-state index is 0.0501. The largest absolute Gasteiger partial charge is 0.481 e. The summed E-state index contributed by atoms with van der Waals surface area (Å²) in [5.41, 5.74) is 1.79. The molecule has 1 fully saturated rings. The van der Waals surface area contributed by atoms with E-state index in [1.165, 1.54) is 10.7 Å². The number of aliphatic carboxylic acids is 1. The van der Waals surface area contributed by atoms with E-state index in [0.717, 1.165) is 36.1 Å². The SMILES string of the molecule is CCCCCCS[C@@H]1C[C@@H](c2ccc(Cl)cc2)N(S(=O)(=O)c2ccc(C)cc2)C[C@H]1C(=O)O. The van der Waals surface area contributed by atoms with Gasteiger partial charge in [-0.05, 0) is 55.3 Å². The van der Waals surface area contributed by atoms with Gasteiger partial charge in [-0.2, -0.15) is 16.1 Å². The molecule has 180 valence electrons. The molecule has 0 radical (unpaired) electrons. The molecule has 1 N–H and O–H groups in total. The summed E-state index contributed by atoms with van der Waals surface area (Å²) in [4.78, 5) is 12.4. The van der Waals surface area contributed by atoms with Crippen molar-refractivity contribution in [3.05, 3.63) is 64.7 Å². The van der Waals surface area contributed by atoms with E-state index in [9.17, 15) is 18.3 Å². The minimum Gasteiger partial charge on any atom is -0.481 e. The highest BCUT2D eigenvalue weighted by Gasteiger charge is 2.45. The van der Waals surface area contributed by atoms with E-state index >= 15 is 0 Å².